The molecule has 1 aromatic carbocycles. The van der Waals surface area contributed by atoms with Gasteiger partial charge in [0.2, 0.25) is 0 Å². The third-order valence-electron chi connectivity index (χ3n) is 3.99. The Balaban J connectivity index is 1.92. The van der Waals surface area contributed by atoms with E-state index in [1.54, 1.807) is 12.3 Å². The van der Waals surface area contributed by atoms with Crippen molar-refractivity contribution in [1.29, 1.82) is 5.41 Å². The third kappa shape index (κ3) is 4.28. The standard InChI is InChI=1S/C20H17ClFN3/c21-14-8-10-19(22)18(13-14)16-6-2-1-3-7-17(16)20(23)11-9-15-5-4-12-24-25-15/h1-5,7-8,10,12-13,23H,6,9,11H2. The Morgan fingerprint density at radius 1 is 1.24 bits per heavy atom. The first kappa shape index (κ1) is 17.2. The summed E-state index contributed by atoms with van der Waals surface area (Å²) < 4.78 is 14.3. The van der Waals surface area contributed by atoms with Crippen molar-refractivity contribution in [3.8, 4) is 0 Å². The number of hydrogen-bond acceptors (Lipinski definition) is 3. The first-order valence-electron chi connectivity index (χ1n) is 8.01. The molecule has 1 aliphatic rings. The van der Waals surface area contributed by atoms with Gasteiger partial charge in [-0.3, -0.25) is 0 Å². The van der Waals surface area contributed by atoms with E-state index in [1.807, 2.05) is 36.4 Å². The number of allylic oxidation sites excluding steroid dienone is 6. The van der Waals surface area contributed by atoms with Gasteiger partial charge in [-0.15, -0.1) is 0 Å². The van der Waals surface area contributed by atoms with Gasteiger partial charge in [-0.1, -0.05) is 35.9 Å². The van der Waals surface area contributed by atoms with Crippen LogP contribution in [0.2, 0.25) is 5.02 Å². The zero-order valence-electron chi connectivity index (χ0n) is 13.5. The summed E-state index contributed by atoms with van der Waals surface area (Å²) >= 11 is 6.05. The highest BCUT2D eigenvalue weighted by molar-refractivity contribution is 6.30. The Bertz CT molecular complexity index is 870. The summed E-state index contributed by atoms with van der Waals surface area (Å²) in [6.45, 7) is 0. The minimum Gasteiger partial charge on any atom is -0.305 e. The van der Waals surface area contributed by atoms with E-state index >= 15 is 0 Å². The molecule has 0 aliphatic heterocycles. The molecule has 0 unspecified atom stereocenters. The van der Waals surface area contributed by atoms with Crippen LogP contribution < -0.4 is 0 Å². The fraction of sp³-hybridized carbons (Fsp3) is 0.150. The van der Waals surface area contributed by atoms with E-state index < -0.39 is 0 Å². The van der Waals surface area contributed by atoms with E-state index in [1.165, 1.54) is 12.1 Å². The summed E-state index contributed by atoms with van der Waals surface area (Å²) in [4.78, 5) is 0. The molecule has 2 aromatic rings. The summed E-state index contributed by atoms with van der Waals surface area (Å²) in [7, 11) is 0. The Morgan fingerprint density at radius 2 is 2.12 bits per heavy atom. The van der Waals surface area contributed by atoms with Gasteiger partial charge in [0.25, 0.3) is 0 Å². The second kappa shape index (κ2) is 7.99. The molecule has 5 heteroatoms. The Labute approximate surface area is 151 Å². The Morgan fingerprint density at radius 3 is 2.92 bits per heavy atom. The molecule has 1 heterocycles. The van der Waals surface area contributed by atoms with Crippen molar-refractivity contribution < 1.29 is 4.39 Å². The van der Waals surface area contributed by atoms with Gasteiger partial charge in [0, 0.05) is 22.5 Å². The van der Waals surface area contributed by atoms with Crippen LogP contribution >= 0.6 is 11.6 Å². The van der Waals surface area contributed by atoms with E-state index in [9.17, 15) is 4.39 Å². The molecule has 25 heavy (non-hydrogen) atoms. The third-order valence-corrected chi connectivity index (χ3v) is 4.23. The largest absolute Gasteiger partial charge is 0.305 e. The lowest BCUT2D eigenvalue weighted by molar-refractivity contribution is 0.623. The highest BCUT2D eigenvalue weighted by Crippen LogP contribution is 2.31. The highest BCUT2D eigenvalue weighted by Gasteiger charge is 2.16. The summed E-state index contributed by atoms with van der Waals surface area (Å²) in [6.07, 6.45) is 10.9. The number of halogens is 2. The number of nitrogens with zero attached hydrogens (tertiary/aromatic N) is 2. The van der Waals surface area contributed by atoms with Gasteiger partial charge in [-0.25, -0.2) is 4.39 Å². The molecular weight excluding hydrogens is 337 g/mol. The molecule has 1 aromatic heterocycles. The SMILES string of the molecule is N=C(CCc1cccnn1)C1=C(c2cc(Cl)ccc2F)CC=CC=C1. The lowest BCUT2D eigenvalue weighted by Crippen LogP contribution is -2.06. The van der Waals surface area contributed by atoms with Gasteiger partial charge in [0.05, 0.1) is 5.69 Å². The molecule has 1 aliphatic carbocycles. The lowest BCUT2D eigenvalue weighted by Gasteiger charge is -2.14. The van der Waals surface area contributed by atoms with Crippen LogP contribution in [0, 0.1) is 11.2 Å². The second-order valence-electron chi connectivity index (χ2n) is 5.70. The molecule has 0 bridgehead atoms. The maximum Gasteiger partial charge on any atom is 0.130 e. The Kier molecular flexibility index (Phi) is 5.51. The number of rotatable bonds is 5. The van der Waals surface area contributed by atoms with Crippen LogP contribution in [-0.2, 0) is 6.42 Å². The Hall–Kier alpha value is -2.59. The summed E-state index contributed by atoms with van der Waals surface area (Å²) in [5.41, 5.74) is 3.23. The number of benzene rings is 1. The summed E-state index contributed by atoms with van der Waals surface area (Å²) in [5, 5.41) is 16.9. The minimum atomic E-state index is -0.331. The van der Waals surface area contributed by atoms with Crippen molar-refractivity contribution in [3.05, 3.63) is 88.5 Å². The van der Waals surface area contributed by atoms with E-state index in [2.05, 4.69) is 10.2 Å². The van der Waals surface area contributed by atoms with Crippen molar-refractivity contribution in [2.45, 2.75) is 19.3 Å². The van der Waals surface area contributed by atoms with Crippen molar-refractivity contribution in [2.24, 2.45) is 0 Å². The van der Waals surface area contributed by atoms with Gasteiger partial charge < -0.3 is 5.41 Å². The van der Waals surface area contributed by atoms with Gasteiger partial charge in [-0.05, 0) is 60.7 Å². The lowest BCUT2D eigenvalue weighted by atomic mass is 9.92. The smallest absolute Gasteiger partial charge is 0.130 e. The molecule has 0 radical (unpaired) electrons. The van der Waals surface area contributed by atoms with Crippen molar-refractivity contribution in [2.75, 3.05) is 0 Å². The number of nitrogens with one attached hydrogen (secondary N) is 1. The molecular formula is C20H17ClFN3. The first-order chi connectivity index (χ1) is 12.1. The number of aromatic nitrogens is 2. The average Bonchev–Trinajstić information content (AvgIpc) is 2.88. The maximum atomic E-state index is 14.3. The maximum absolute atomic E-state index is 14.3. The van der Waals surface area contributed by atoms with Crippen LogP contribution in [0.3, 0.4) is 0 Å². The molecule has 0 amide bonds. The van der Waals surface area contributed by atoms with Crippen LogP contribution in [-0.4, -0.2) is 15.9 Å². The van der Waals surface area contributed by atoms with E-state index in [4.69, 9.17) is 17.0 Å². The normalized spacial score (nSPS) is 13.8. The van der Waals surface area contributed by atoms with Gasteiger partial charge in [-0.2, -0.15) is 10.2 Å². The van der Waals surface area contributed by atoms with E-state index in [0.29, 0.717) is 35.6 Å². The predicted molar refractivity (Wildman–Crippen MR) is 99.3 cm³/mol. The number of hydrogen-bond donors (Lipinski definition) is 1. The highest BCUT2D eigenvalue weighted by atomic mass is 35.5. The fourth-order valence-electron chi connectivity index (χ4n) is 2.75. The number of aryl methyl sites for hydroxylation is 1. The molecule has 0 saturated carbocycles. The van der Waals surface area contributed by atoms with Crippen LogP contribution in [0.1, 0.15) is 24.1 Å². The molecule has 0 fully saturated rings. The molecule has 3 nitrogen and oxygen atoms in total. The molecule has 3 rings (SSSR count). The monoisotopic (exact) mass is 353 g/mol. The summed E-state index contributed by atoms with van der Waals surface area (Å²) in [6, 6.07) is 8.23. The van der Waals surface area contributed by atoms with Crippen LogP contribution in [0.15, 0.2) is 66.4 Å². The topological polar surface area (TPSA) is 49.6 Å². The molecule has 1 N–H and O–H groups in total. The molecule has 0 spiro atoms. The van der Waals surface area contributed by atoms with Gasteiger partial charge >= 0.3 is 0 Å². The fourth-order valence-corrected chi connectivity index (χ4v) is 2.92. The van der Waals surface area contributed by atoms with Crippen molar-refractivity contribution in [3.63, 3.8) is 0 Å². The van der Waals surface area contributed by atoms with Crippen LogP contribution in [0.5, 0.6) is 0 Å². The second-order valence-corrected chi connectivity index (χ2v) is 6.14. The van der Waals surface area contributed by atoms with Gasteiger partial charge in [0.15, 0.2) is 0 Å². The zero-order chi connectivity index (χ0) is 17.6. The summed E-state index contributed by atoms with van der Waals surface area (Å²) in [5.74, 6) is -0.331. The molecule has 126 valence electrons. The first-order valence-corrected chi connectivity index (χ1v) is 8.39. The molecule has 0 saturated heterocycles. The van der Waals surface area contributed by atoms with E-state index in [-0.39, 0.29) is 5.82 Å². The molecule has 0 atom stereocenters. The van der Waals surface area contributed by atoms with Crippen molar-refractivity contribution >= 4 is 22.9 Å². The average molecular weight is 354 g/mol. The van der Waals surface area contributed by atoms with Gasteiger partial charge in [0.1, 0.15) is 5.82 Å². The van der Waals surface area contributed by atoms with Crippen LogP contribution in [0.4, 0.5) is 4.39 Å². The van der Waals surface area contributed by atoms with E-state index in [0.717, 1.165) is 16.8 Å². The quantitative estimate of drug-likeness (QED) is 0.752. The van der Waals surface area contributed by atoms with Crippen molar-refractivity contribution in [1.82, 2.24) is 10.2 Å². The zero-order valence-corrected chi connectivity index (χ0v) is 14.3. The minimum absolute atomic E-state index is 0.331. The predicted octanol–water partition coefficient (Wildman–Crippen LogP) is 5.19. The van der Waals surface area contributed by atoms with Crippen LogP contribution in [0.25, 0.3) is 5.57 Å².